The van der Waals surface area contributed by atoms with Crippen LogP contribution in [0.2, 0.25) is 0 Å². The van der Waals surface area contributed by atoms with Crippen molar-refractivity contribution in [2.24, 2.45) is 4.99 Å². The molecule has 0 atom stereocenters. The normalized spacial score (nSPS) is 11.5. The fourth-order valence-corrected chi connectivity index (χ4v) is 4.24. The fraction of sp³-hybridized carbons (Fsp3) is 0.160. The van der Waals surface area contributed by atoms with Gasteiger partial charge in [0.25, 0.3) is 0 Å². The highest BCUT2D eigenvalue weighted by Gasteiger charge is 2.09. The van der Waals surface area contributed by atoms with Crippen LogP contribution >= 0.6 is 11.3 Å². The summed E-state index contributed by atoms with van der Waals surface area (Å²) >= 11 is 1.65. The van der Waals surface area contributed by atoms with Gasteiger partial charge in [0.15, 0.2) is 4.80 Å². The molecule has 0 aliphatic carbocycles. The molecule has 4 nitrogen and oxygen atoms in total. The van der Waals surface area contributed by atoms with E-state index in [0.29, 0.717) is 0 Å². The van der Waals surface area contributed by atoms with E-state index in [1.54, 1.807) is 25.6 Å². The quantitative estimate of drug-likeness (QED) is 0.387. The molecule has 0 aliphatic rings. The minimum atomic E-state index is 0.830. The van der Waals surface area contributed by atoms with Crippen molar-refractivity contribution in [3.8, 4) is 22.8 Å². The van der Waals surface area contributed by atoms with Crippen molar-refractivity contribution in [1.29, 1.82) is 0 Å². The van der Waals surface area contributed by atoms with E-state index in [-0.39, 0.29) is 0 Å². The van der Waals surface area contributed by atoms with Crippen LogP contribution in [-0.4, -0.2) is 18.8 Å². The van der Waals surface area contributed by atoms with E-state index in [4.69, 9.17) is 14.5 Å². The first-order chi connectivity index (χ1) is 14.8. The summed E-state index contributed by atoms with van der Waals surface area (Å²) < 4.78 is 12.9. The molecule has 1 heterocycles. The molecular weight excluding hydrogens is 392 g/mol. The van der Waals surface area contributed by atoms with Crippen molar-refractivity contribution in [3.63, 3.8) is 0 Å². The predicted octanol–water partition coefficient (Wildman–Crippen LogP) is 5.71. The molecule has 0 unspecified atom stereocenters. The summed E-state index contributed by atoms with van der Waals surface area (Å²) in [7, 11) is 3.36. The lowest BCUT2D eigenvalue weighted by molar-refractivity contribution is 0.414. The maximum Gasteiger partial charge on any atom is 0.190 e. The third-order valence-electron chi connectivity index (χ3n) is 4.95. The average Bonchev–Trinajstić information content (AvgIpc) is 3.21. The van der Waals surface area contributed by atoms with Crippen molar-refractivity contribution in [3.05, 3.63) is 94.6 Å². The van der Waals surface area contributed by atoms with Crippen LogP contribution in [0.5, 0.6) is 11.5 Å². The fourth-order valence-electron chi connectivity index (χ4n) is 3.28. The molecule has 1 aromatic heterocycles. The number of rotatable bonds is 7. The van der Waals surface area contributed by atoms with Crippen LogP contribution in [0.15, 0.2) is 89.2 Å². The summed E-state index contributed by atoms with van der Waals surface area (Å²) in [6, 6.07) is 26.6. The predicted molar refractivity (Wildman–Crippen MR) is 123 cm³/mol. The lowest BCUT2D eigenvalue weighted by Crippen LogP contribution is -2.17. The van der Waals surface area contributed by atoms with Gasteiger partial charge in [-0.25, -0.2) is 4.99 Å². The first-order valence-electron chi connectivity index (χ1n) is 9.82. The molecule has 0 spiro atoms. The number of benzene rings is 3. The van der Waals surface area contributed by atoms with Gasteiger partial charge in [0.05, 0.1) is 25.6 Å². The molecule has 0 fully saturated rings. The summed E-state index contributed by atoms with van der Waals surface area (Å²) in [6.07, 6.45) is 0.941. The number of hydrogen-bond acceptors (Lipinski definition) is 4. The summed E-state index contributed by atoms with van der Waals surface area (Å²) in [5.74, 6) is 1.68. The van der Waals surface area contributed by atoms with Crippen LogP contribution in [0.25, 0.3) is 11.3 Å². The SMILES string of the molecule is COc1ccc(N=c2scc(-c3ccc(OC)cc3)n2CCc2ccccc2)cc1. The molecule has 4 rings (SSSR count). The number of aryl methyl sites for hydroxylation is 1. The van der Waals surface area contributed by atoms with Gasteiger partial charge in [-0.15, -0.1) is 11.3 Å². The Morgan fingerprint density at radius 1 is 0.800 bits per heavy atom. The van der Waals surface area contributed by atoms with E-state index in [1.165, 1.54) is 5.56 Å². The van der Waals surface area contributed by atoms with Gasteiger partial charge in [0.1, 0.15) is 11.5 Å². The van der Waals surface area contributed by atoms with Gasteiger partial charge in [0, 0.05) is 11.9 Å². The molecular formula is C25H24N2O2S. The van der Waals surface area contributed by atoms with E-state index >= 15 is 0 Å². The monoisotopic (exact) mass is 416 g/mol. The van der Waals surface area contributed by atoms with Crippen LogP contribution in [0, 0.1) is 0 Å². The number of thiazole rings is 1. The number of hydrogen-bond donors (Lipinski definition) is 0. The lowest BCUT2D eigenvalue weighted by Gasteiger charge is -2.10. The Morgan fingerprint density at radius 2 is 1.43 bits per heavy atom. The van der Waals surface area contributed by atoms with Crippen molar-refractivity contribution in [1.82, 2.24) is 4.57 Å². The second-order valence-electron chi connectivity index (χ2n) is 6.83. The van der Waals surface area contributed by atoms with Crippen LogP contribution < -0.4 is 14.3 Å². The molecule has 0 saturated heterocycles. The van der Waals surface area contributed by atoms with Gasteiger partial charge in [-0.2, -0.15) is 0 Å². The smallest absolute Gasteiger partial charge is 0.190 e. The highest BCUT2D eigenvalue weighted by atomic mass is 32.1. The van der Waals surface area contributed by atoms with Crippen molar-refractivity contribution < 1.29 is 9.47 Å². The van der Waals surface area contributed by atoms with E-state index in [9.17, 15) is 0 Å². The maximum atomic E-state index is 5.31. The van der Waals surface area contributed by atoms with E-state index in [1.807, 2.05) is 36.4 Å². The summed E-state index contributed by atoms with van der Waals surface area (Å²) in [4.78, 5) is 5.88. The number of aromatic nitrogens is 1. The molecule has 5 heteroatoms. The molecule has 30 heavy (non-hydrogen) atoms. The number of methoxy groups -OCH3 is 2. The Bertz CT molecular complexity index is 1140. The summed E-state index contributed by atoms with van der Waals surface area (Å²) in [6.45, 7) is 0.851. The third kappa shape index (κ3) is 4.63. The first-order valence-corrected chi connectivity index (χ1v) is 10.7. The van der Waals surface area contributed by atoms with E-state index < -0.39 is 0 Å². The number of ether oxygens (including phenoxy) is 2. The van der Waals surface area contributed by atoms with Gasteiger partial charge in [-0.3, -0.25) is 0 Å². The highest BCUT2D eigenvalue weighted by molar-refractivity contribution is 7.07. The highest BCUT2D eigenvalue weighted by Crippen LogP contribution is 2.24. The molecule has 4 aromatic rings. The zero-order valence-corrected chi connectivity index (χ0v) is 17.9. The van der Waals surface area contributed by atoms with Crippen molar-refractivity contribution in [2.75, 3.05) is 14.2 Å². The molecule has 0 saturated carbocycles. The number of nitrogens with zero attached hydrogens (tertiary/aromatic N) is 2. The molecule has 0 amide bonds. The minimum Gasteiger partial charge on any atom is -0.497 e. The molecule has 3 aromatic carbocycles. The molecule has 0 bridgehead atoms. The Hall–Kier alpha value is -3.31. The topological polar surface area (TPSA) is 35.8 Å². The largest absolute Gasteiger partial charge is 0.497 e. The van der Waals surface area contributed by atoms with Crippen LogP contribution in [0.1, 0.15) is 5.56 Å². The second-order valence-corrected chi connectivity index (χ2v) is 7.67. The van der Waals surface area contributed by atoms with Gasteiger partial charge in [-0.05, 0) is 66.1 Å². The lowest BCUT2D eigenvalue weighted by atomic mass is 10.1. The Kier molecular flexibility index (Phi) is 6.30. The standard InChI is InChI=1S/C25H24N2O2S/c1-28-22-12-8-20(9-13-22)24-18-30-25(26-21-10-14-23(29-2)15-11-21)27(24)17-16-19-6-4-3-5-7-19/h3-15,18H,16-17H2,1-2H3. The molecule has 152 valence electrons. The van der Waals surface area contributed by atoms with Gasteiger partial charge >= 0.3 is 0 Å². The minimum absolute atomic E-state index is 0.830. The van der Waals surface area contributed by atoms with Crippen molar-refractivity contribution in [2.45, 2.75) is 13.0 Å². The van der Waals surface area contributed by atoms with E-state index in [2.05, 4.69) is 52.4 Å². The zero-order chi connectivity index (χ0) is 20.8. The zero-order valence-electron chi connectivity index (χ0n) is 17.1. The van der Waals surface area contributed by atoms with Gasteiger partial charge < -0.3 is 14.0 Å². The van der Waals surface area contributed by atoms with Gasteiger partial charge in [0.2, 0.25) is 0 Å². The van der Waals surface area contributed by atoms with Crippen molar-refractivity contribution >= 4 is 17.0 Å². The molecule has 0 radical (unpaired) electrons. The molecule has 0 aliphatic heterocycles. The summed E-state index contributed by atoms with van der Waals surface area (Å²) in [5, 5.41) is 2.18. The maximum absolute atomic E-state index is 5.31. The summed E-state index contributed by atoms with van der Waals surface area (Å²) in [5.41, 5.74) is 4.53. The first kappa shape index (κ1) is 20.0. The Morgan fingerprint density at radius 3 is 2.07 bits per heavy atom. The Balaban J connectivity index is 1.72. The average molecular weight is 417 g/mol. The van der Waals surface area contributed by atoms with Gasteiger partial charge in [-0.1, -0.05) is 30.3 Å². The van der Waals surface area contributed by atoms with Crippen LogP contribution in [0.3, 0.4) is 0 Å². The van der Waals surface area contributed by atoms with Crippen LogP contribution in [-0.2, 0) is 13.0 Å². The second kappa shape index (κ2) is 9.46. The van der Waals surface area contributed by atoms with Crippen LogP contribution in [0.4, 0.5) is 5.69 Å². The van der Waals surface area contributed by atoms with E-state index in [0.717, 1.165) is 46.2 Å². The Labute approximate surface area is 180 Å². The molecule has 0 N–H and O–H groups in total. The third-order valence-corrected chi connectivity index (χ3v) is 5.81.